The van der Waals surface area contributed by atoms with Gasteiger partial charge in [0, 0.05) is 24.8 Å². The number of hydrogen-bond donors (Lipinski definition) is 0. The fourth-order valence-electron chi connectivity index (χ4n) is 5.60. The number of rotatable bonds is 7. The molecule has 5 heteroatoms. The first-order valence-corrected chi connectivity index (χ1v) is 16.6. The molecule has 0 amide bonds. The summed E-state index contributed by atoms with van der Waals surface area (Å²) < 4.78 is 0. The molecule has 0 atom stereocenters. The predicted octanol–water partition coefficient (Wildman–Crippen LogP) is 12.6. The minimum absolute atomic E-state index is 0. The van der Waals surface area contributed by atoms with Crippen LogP contribution in [0.3, 0.4) is 0 Å². The topological polar surface area (TPSA) is 54.0 Å². The van der Waals surface area contributed by atoms with Crippen LogP contribution in [0, 0.1) is 13.8 Å². The average molecular weight is 738 g/mol. The second-order valence-corrected chi connectivity index (χ2v) is 11.7. The molecule has 0 aliphatic rings. The molecule has 0 unspecified atom stereocenters. The van der Waals surface area contributed by atoms with Gasteiger partial charge in [-0.05, 0) is 55.9 Å². The van der Waals surface area contributed by atoms with Crippen LogP contribution in [0.1, 0.15) is 22.3 Å². The third-order valence-electron chi connectivity index (χ3n) is 8.06. The third-order valence-corrected chi connectivity index (χ3v) is 8.06. The first-order valence-electron chi connectivity index (χ1n) is 16.6. The Bertz CT molecular complexity index is 2060. The van der Waals surface area contributed by atoms with Crippen molar-refractivity contribution in [1.29, 1.82) is 0 Å². The van der Waals surface area contributed by atoms with Gasteiger partial charge in [-0.25, -0.2) is 0 Å². The van der Waals surface area contributed by atoms with Gasteiger partial charge < -0.3 is 10.6 Å². The van der Waals surface area contributed by atoms with E-state index in [-0.39, 0.29) is 26.2 Å². The molecule has 0 saturated carbocycles. The van der Waals surface area contributed by atoms with E-state index in [1.54, 1.807) is 12.4 Å². The normalized spacial score (nSPS) is 10.1. The smallest absolute Gasteiger partial charge is 0.680 e. The maximum atomic E-state index is 5.08. The molecule has 0 N–H and O–H groups in total. The molecular weight excluding hydrogens is 700 g/mol. The summed E-state index contributed by atoms with van der Waals surface area (Å²) in [5.41, 5.74) is 8.42. The van der Waals surface area contributed by atoms with Gasteiger partial charge in [-0.2, -0.15) is 49.2 Å². The van der Waals surface area contributed by atoms with E-state index in [2.05, 4.69) is 109 Å². The number of aromatic nitrogens is 2. The van der Waals surface area contributed by atoms with E-state index in [1.807, 2.05) is 85.2 Å². The van der Waals surface area contributed by atoms with Crippen LogP contribution in [0.5, 0.6) is 0 Å². The minimum atomic E-state index is 0. The molecule has 6 aromatic carbocycles. The molecule has 2 aromatic heterocycles. The van der Waals surface area contributed by atoms with E-state index < -0.39 is 0 Å². The van der Waals surface area contributed by atoms with E-state index in [0.717, 1.165) is 44.8 Å². The number of hydrogen-bond acceptors (Lipinski definition) is 2. The Morgan fingerprint density at radius 1 is 0.412 bits per heavy atom. The first kappa shape index (κ1) is 36.6. The van der Waals surface area contributed by atoms with Gasteiger partial charge in [-0.15, -0.1) is 48.7 Å². The van der Waals surface area contributed by atoms with Crippen molar-refractivity contribution in [2.75, 3.05) is 0 Å². The Hall–Kier alpha value is -5.64. The van der Waals surface area contributed by atoms with Crippen LogP contribution in [0.4, 0.5) is 11.4 Å². The van der Waals surface area contributed by atoms with Crippen molar-refractivity contribution in [3.63, 3.8) is 0 Å². The van der Waals surface area contributed by atoms with Crippen LogP contribution in [-0.4, -0.2) is 9.97 Å². The summed E-state index contributed by atoms with van der Waals surface area (Å²) in [6.07, 6.45) is 7.32. The van der Waals surface area contributed by atoms with Crippen molar-refractivity contribution in [3.05, 3.63) is 229 Å². The summed E-state index contributed by atoms with van der Waals surface area (Å²) in [7, 11) is 0. The van der Waals surface area contributed by atoms with Crippen molar-refractivity contribution >= 4 is 32.9 Å². The fraction of sp³-hybridized carbons (Fsp3) is 0.0435. The van der Waals surface area contributed by atoms with Gasteiger partial charge in [0.2, 0.25) is 0 Å². The Labute approximate surface area is 320 Å². The molecule has 0 saturated heterocycles. The molecule has 8 aromatic rings. The van der Waals surface area contributed by atoms with Crippen molar-refractivity contribution in [3.8, 4) is 11.1 Å². The van der Waals surface area contributed by atoms with Gasteiger partial charge in [-0.1, -0.05) is 97.1 Å². The minimum Gasteiger partial charge on any atom is -0.680 e. The quantitative estimate of drug-likeness (QED) is 0.153. The van der Waals surface area contributed by atoms with Crippen molar-refractivity contribution < 1.29 is 26.2 Å². The molecule has 0 aliphatic carbocycles. The van der Waals surface area contributed by atoms with Crippen LogP contribution >= 0.6 is 0 Å². The van der Waals surface area contributed by atoms with E-state index in [0.29, 0.717) is 13.1 Å². The molecular formula is C46H38N4Zr. The fourth-order valence-corrected chi connectivity index (χ4v) is 5.60. The maximum absolute atomic E-state index is 5.08. The monoisotopic (exact) mass is 736 g/mol. The van der Waals surface area contributed by atoms with Crippen molar-refractivity contribution in [2.24, 2.45) is 0 Å². The van der Waals surface area contributed by atoms with Gasteiger partial charge in [-0.3, -0.25) is 9.97 Å². The summed E-state index contributed by atoms with van der Waals surface area (Å²) in [6, 6.07) is 53.3. The largest absolute Gasteiger partial charge is 4.00 e. The SMILES string of the molecule is [CH2-]c1ccccc1.[CH2-]c1ccccc1.[Zr+4].c1cncc(C[N-]c2ccc3ccccc3c2-c2c([N-]Cc3cccnc3)ccc3ccccc23)c1. The van der Waals surface area contributed by atoms with Gasteiger partial charge in [0.15, 0.2) is 0 Å². The summed E-state index contributed by atoms with van der Waals surface area (Å²) in [6.45, 7) is 8.56. The van der Waals surface area contributed by atoms with E-state index >= 15 is 0 Å². The Morgan fingerprint density at radius 3 is 1.16 bits per heavy atom. The zero-order chi connectivity index (χ0) is 34.4. The first-order chi connectivity index (χ1) is 24.7. The van der Waals surface area contributed by atoms with Crippen molar-refractivity contribution in [1.82, 2.24) is 9.97 Å². The van der Waals surface area contributed by atoms with Crippen molar-refractivity contribution in [2.45, 2.75) is 13.1 Å². The van der Waals surface area contributed by atoms with E-state index in [4.69, 9.17) is 10.6 Å². The number of pyridine rings is 2. The molecule has 246 valence electrons. The molecule has 8 rings (SSSR count). The molecule has 51 heavy (non-hydrogen) atoms. The molecule has 0 fully saturated rings. The van der Waals surface area contributed by atoms with Crippen LogP contribution in [0.25, 0.3) is 43.3 Å². The van der Waals surface area contributed by atoms with Gasteiger partial charge in [0.05, 0.1) is 0 Å². The maximum Gasteiger partial charge on any atom is 4.00 e. The summed E-state index contributed by atoms with van der Waals surface area (Å²) in [5, 5.41) is 14.8. The number of fused-ring (bicyclic) bond motifs is 2. The number of benzene rings is 6. The molecule has 0 bridgehead atoms. The van der Waals surface area contributed by atoms with Crippen LogP contribution in [0.15, 0.2) is 183 Å². The van der Waals surface area contributed by atoms with E-state index in [9.17, 15) is 0 Å². The van der Waals surface area contributed by atoms with Crippen LogP contribution in [-0.2, 0) is 39.3 Å². The van der Waals surface area contributed by atoms with Crippen LogP contribution < -0.4 is 0 Å². The van der Waals surface area contributed by atoms with Crippen LogP contribution in [0.2, 0.25) is 0 Å². The molecule has 0 spiro atoms. The molecule has 0 aliphatic heterocycles. The molecule has 4 nitrogen and oxygen atoms in total. The summed E-state index contributed by atoms with van der Waals surface area (Å²) in [5.74, 6) is 0. The Morgan fingerprint density at radius 2 is 0.804 bits per heavy atom. The molecule has 2 heterocycles. The van der Waals surface area contributed by atoms with Gasteiger partial charge in [0.25, 0.3) is 0 Å². The predicted molar refractivity (Wildman–Crippen MR) is 211 cm³/mol. The van der Waals surface area contributed by atoms with Gasteiger partial charge in [0.1, 0.15) is 0 Å². The zero-order valence-electron chi connectivity index (χ0n) is 28.4. The Kier molecular flexibility index (Phi) is 13.6. The second kappa shape index (κ2) is 18.9. The summed E-state index contributed by atoms with van der Waals surface area (Å²) in [4.78, 5) is 8.51. The van der Waals surface area contributed by atoms with Gasteiger partial charge >= 0.3 is 26.2 Å². The molecule has 0 radical (unpaired) electrons. The third kappa shape index (κ3) is 10.2. The average Bonchev–Trinajstić information content (AvgIpc) is 3.18. The second-order valence-electron chi connectivity index (χ2n) is 11.7. The van der Waals surface area contributed by atoms with E-state index in [1.165, 1.54) is 21.5 Å². The number of nitrogens with zero attached hydrogens (tertiary/aromatic N) is 4. The zero-order valence-corrected chi connectivity index (χ0v) is 30.9. The summed E-state index contributed by atoms with van der Waals surface area (Å²) >= 11 is 0. The Balaban J connectivity index is 0.000000280. The standard InChI is InChI=1S/C32H24N4.2C7H7.Zr/c1-3-11-27-25(9-1)13-15-29(35-21-23-7-5-17-33-19-23)31(27)32-28-12-4-2-10-26(28)14-16-30(32)36-22-24-8-6-18-34-20-24;2*1-7-5-3-2-4-6-7;/h1-20H,21-22H2;2*2-6H,1H2;/q-2;2*-1;+4.